The number of carbonyl (C=O) groups is 1. The fourth-order valence-electron chi connectivity index (χ4n) is 4.12. The minimum atomic E-state index is -0.852. The zero-order valence-corrected chi connectivity index (χ0v) is 20.5. The van der Waals surface area contributed by atoms with Gasteiger partial charge in [-0.05, 0) is 31.6 Å². The van der Waals surface area contributed by atoms with E-state index >= 15 is 0 Å². The number of carboxylic acids is 1. The van der Waals surface area contributed by atoms with Crippen LogP contribution in [-0.2, 0) is 4.79 Å². The van der Waals surface area contributed by atoms with Crippen molar-refractivity contribution in [1.82, 2.24) is 0 Å². The molecule has 0 aliphatic heterocycles. The highest BCUT2D eigenvalue weighted by Gasteiger charge is 2.13. The highest BCUT2D eigenvalue weighted by Crippen LogP contribution is 2.22. The lowest BCUT2D eigenvalue weighted by Gasteiger charge is -2.23. The van der Waals surface area contributed by atoms with Gasteiger partial charge < -0.3 is 14.4 Å². The summed E-state index contributed by atoms with van der Waals surface area (Å²) in [7, 11) is 6.88. The molecule has 0 saturated heterocycles. The van der Waals surface area contributed by atoms with Crippen LogP contribution in [0.1, 0.15) is 129 Å². The largest absolute Gasteiger partial charge is 0.550 e. The molecule has 1 saturated carbocycles. The highest BCUT2D eigenvalue weighted by molar-refractivity contribution is 5.67. The molecule has 0 heterocycles. The van der Waals surface area contributed by atoms with Crippen molar-refractivity contribution in [2.75, 3.05) is 27.7 Å². The third kappa shape index (κ3) is 21.9. The maximum Gasteiger partial charge on any atom is 0.0780 e. The number of hydrogen-bond acceptors (Lipinski definition) is 2. The zero-order valence-electron chi connectivity index (χ0n) is 20.5. The number of rotatable bonds is 16. The van der Waals surface area contributed by atoms with E-state index in [2.05, 4.69) is 28.1 Å². The Bertz CT molecular complexity index is 356. The summed E-state index contributed by atoms with van der Waals surface area (Å²) in [6, 6.07) is 0. The van der Waals surface area contributed by atoms with Crippen molar-refractivity contribution in [2.45, 2.75) is 129 Å². The normalized spacial score (nSPS) is 15.0. The lowest BCUT2D eigenvalue weighted by molar-refractivity contribution is -0.870. The second-order valence-corrected chi connectivity index (χ2v) is 10.3. The van der Waals surface area contributed by atoms with Crippen LogP contribution in [0, 0.1) is 5.92 Å². The molecular formula is C26H53NO2. The number of quaternary nitrogens is 1. The van der Waals surface area contributed by atoms with Gasteiger partial charge in [-0.15, -0.1) is 0 Å². The Hall–Kier alpha value is -0.570. The van der Waals surface area contributed by atoms with Crippen molar-refractivity contribution >= 4 is 5.97 Å². The first-order valence-corrected chi connectivity index (χ1v) is 12.9. The van der Waals surface area contributed by atoms with Gasteiger partial charge in [0.05, 0.1) is 27.7 Å². The number of aliphatic carboxylic acids is 1. The van der Waals surface area contributed by atoms with Crippen LogP contribution in [0.15, 0.2) is 0 Å². The average molecular weight is 412 g/mol. The number of hydrogen-bond donors (Lipinski definition) is 0. The van der Waals surface area contributed by atoms with E-state index < -0.39 is 5.97 Å². The zero-order chi connectivity index (χ0) is 21.8. The van der Waals surface area contributed by atoms with E-state index in [0.717, 1.165) is 30.2 Å². The van der Waals surface area contributed by atoms with Crippen molar-refractivity contribution in [2.24, 2.45) is 5.92 Å². The Balaban J connectivity index is 0.000000717. The van der Waals surface area contributed by atoms with Crippen molar-refractivity contribution in [3.63, 3.8) is 0 Å². The Kier molecular flexibility index (Phi) is 19.0. The van der Waals surface area contributed by atoms with E-state index in [4.69, 9.17) is 0 Å². The van der Waals surface area contributed by atoms with E-state index in [0.29, 0.717) is 0 Å². The minimum Gasteiger partial charge on any atom is -0.550 e. The topological polar surface area (TPSA) is 40.1 Å². The summed E-state index contributed by atoms with van der Waals surface area (Å²) in [5.74, 6) is -0.992. The van der Waals surface area contributed by atoms with Crippen LogP contribution >= 0.6 is 0 Å². The van der Waals surface area contributed by atoms with Gasteiger partial charge in [-0.3, -0.25) is 0 Å². The maximum atomic E-state index is 10.2. The van der Waals surface area contributed by atoms with Gasteiger partial charge >= 0.3 is 0 Å². The third-order valence-electron chi connectivity index (χ3n) is 6.12. The number of carbonyl (C=O) groups excluding carboxylic acids is 1. The summed E-state index contributed by atoms with van der Waals surface area (Å²) in [4.78, 5) is 10.2. The maximum absolute atomic E-state index is 10.2. The summed E-state index contributed by atoms with van der Waals surface area (Å²) in [5.41, 5.74) is 0. The van der Waals surface area contributed by atoms with Crippen LogP contribution in [-0.4, -0.2) is 38.1 Å². The molecule has 0 unspecified atom stereocenters. The molecule has 29 heavy (non-hydrogen) atoms. The highest BCUT2D eigenvalue weighted by atomic mass is 16.4. The molecule has 174 valence electrons. The Morgan fingerprint density at radius 3 is 1.38 bits per heavy atom. The molecule has 0 N–H and O–H groups in total. The van der Waals surface area contributed by atoms with Crippen molar-refractivity contribution < 1.29 is 14.4 Å². The first-order chi connectivity index (χ1) is 13.9. The van der Waals surface area contributed by atoms with E-state index in [1.165, 1.54) is 103 Å². The predicted octanol–water partition coefficient (Wildman–Crippen LogP) is 6.49. The second kappa shape index (κ2) is 19.4. The van der Waals surface area contributed by atoms with Crippen LogP contribution in [0.25, 0.3) is 0 Å². The number of nitrogens with zero attached hydrogens (tertiary/aromatic N) is 1. The average Bonchev–Trinajstić information content (AvgIpc) is 2.68. The molecule has 0 radical (unpaired) electrons. The molecule has 0 aromatic carbocycles. The van der Waals surface area contributed by atoms with Crippen molar-refractivity contribution in [3.05, 3.63) is 0 Å². The molecule has 0 atom stereocenters. The molecule has 1 aliphatic rings. The van der Waals surface area contributed by atoms with Gasteiger partial charge in [0.25, 0.3) is 0 Å². The lowest BCUT2D eigenvalue weighted by atomic mass is 9.90. The van der Waals surface area contributed by atoms with Crippen LogP contribution in [0.2, 0.25) is 0 Å². The fourth-order valence-corrected chi connectivity index (χ4v) is 4.12. The molecule has 1 rings (SSSR count). The number of carboxylic acid groups (broad SMARTS) is 1. The smallest absolute Gasteiger partial charge is 0.0780 e. The van der Waals surface area contributed by atoms with Crippen molar-refractivity contribution in [3.8, 4) is 0 Å². The quantitative estimate of drug-likeness (QED) is 0.215. The molecule has 0 amide bonds. The fraction of sp³-hybridized carbons (Fsp3) is 0.962. The SMILES string of the molecule is CCCCCCCCCCCCCCCC[N+](C)(C)C.O=C([O-])C1CCCCC1. The Morgan fingerprint density at radius 2 is 1.07 bits per heavy atom. The Morgan fingerprint density at radius 1 is 0.690 bits per heavy atom. The van der Waals surface area contributed by atoms with Crippen LogP contribution < -0.4 is 5.11 Å². The van der Waals surface area contributed by atoms with E-state index in [-0.39, 0.29) is 5.92 Å². The van der Waals surface area contributed by atoms with Gasteiger partial charge in [0.2, 0.25) is 0 Å². The summed E-state index contributed by atoms with van der Waals surface area (Å²) < 4.78 is 1.12. The minimum absolute atomic E-state index is 0.140. The molecule has 1 aliphatic carbocycles. The van der Waals surface area contributed by atoms with Crippen LogP contribution in [0.4, 0.5) is 0 Å². The molecule has 1 fully saturated rings. The molecular weight excluding hydrogens is 358 g/mol. The number of unbranched alkanes of at least 4 members (excludes halogenated alkanes) is 13. The molecule has 3 heteroatoms. The summed E-state index contributed by atoms with van der Waals surface area (Å²) >= 11 is 0. The lowest BCUT2D eigenvalue weighted by Crippen LogP contribution is -2.35. The van der Waals surface area contributed by atoms with Gasteiger partial charge in [-0.25, -0.2) is 0 Å². The second-order valence-electron chi connectivity index (χ2n) is 10.3. The van der Waals surface area contributed by atoms with Crippen LogP contribution in [0.5, 0.6) is 0 Å². The van der Waals surface area contributed by atoms with Gasteiger partial charge in [0.1, 0.15) is 0 Å². The molecule has 0 aromatic heterocycles. The van der Waals surface area contributed by atoms with Gasteiger partial charge in [0.15, 0.2) is 0 Å². The first-order valence-electron chi connectivity index (χ1n) is 12.9. The summed E-state index contributed by atoms with van der Waals surface area (Å²) in [5, 5.41) is 10.2. The van der Waals surface area contributed by atoms with Gasteiger partial charge in [0, 0.05) is 5.97 Å². The standard InChI is InChI=1S/C19H42N.C7H12O2/c1-5-6-7-8-9-10-11-12-13-14-15-16-17-18-19-20(2,3)4;8-7(9)6-4-2-1-3-5-6/h5-19H2,1-4H3;6H,1-5H2,(H,8,9)/q+1;/p-1. The van der Waals surface area contributed by atoms with Gasteiger partial charge in [-0.1, -0.05) is 103 Å². The van der Waals surface area contributed by atoms with Crippen molar-refractivity contribution in [1.29, 1.82) is 0 Å². The third-order valence-corrected chi connectivity index (χ3v) is 6.12. The summed E-state index contributed by atoms with van der Waals surface area (Å²) in [6.07, 6.45) is 25.4. The van der Waals surface area contributed by atoms with E-state index in [9.17, 15) is 9.90 Å². The van der Waals surface area contributed by atoms with E-state index in [1.54, 1.807) is 0 Å². The van der Waals surface area contributed by atoms with Gasteiger partial charge in [-0.2, -0.15) is 0 Å². The summed E-state index contributed by atoms with van der Waals surface area (Å²) in [6.45, 7) is 3.63. The predicted molar refractivity (Wildman–Crippen MR) is 125 cm³/mol. The molecule has 0 aromatic rings. The monoisotopic (exact) mass is 411 g/mol. The van der Waals surface area contributed by atoms with Crippen LogP contribution in [0.3, 0.4) is 0 Å². The van der Waals surface area contributed by atoms with E-state index in [1.807, 2.05) is 0 Å². The molecule has 3 nitrogen and oxygen atoms in total. The first kappa shape index (κ1) is 28.4. The molecule has 0 bridgehead atoms. The Labute approximate surface area is 183 Å². The molecule has 0 spiro atoms.